The summed E-state index contributed by atoms with van der Waals surface area (Å²) in [6.07, 6.45) is 2.65. The minimum atomic E-state index is -0.107. The molecule has 1 N–H and O–H groups in total. The summed E-state index contributed by atoms with van der Waals surface area (Å²) in [7, 11) is 4.09. The summed E-state index contributed by atoms with van der Waals surface area (Å²) >= 11 is 0. The van der Waals surface area contributed by atoms with Crippen molar-refractivity contribution in [2.24, 2.45) is 5.92 Å². The molecule has 100 valence electrons. The maximum absolute atomic E-state index is 13.7. The first-order valence-corrected chi connectivity index (χ1v) is 6.75. The van der Waals surface area contributed by atoms with Crippen molar-refractivity contribution in [3.63, 3.8) is 0 Å². The molecule has 2 unspecified atom stereocenters. The Morgan fingerprint density at radius 3 is 2.61 bits per heavy atom. The van der Waals surface area contributed by atoms with Gasteiger partial charge in [0.1, 0.15) is 5.82 Å². The molecule has 0 spiro atoms. The monoisotopic (exact) mass is 250 g/mol. The zero-order chi connectivity index (χ0) is 13.1. The second-order valence-electron chi connectivity index (χ2n) is 5.37. The van der Waals surface area contributed by atoms with Gasteiger partial charge in [0.05, 0.1) is 0 Å². The van der Waals surface area contributed by atoms with Crippen LogP contribution in [0.1, 0.15) is 31.4 Å². The Morgan fingerprint density at radius 1 is 1.39 bits per heavy atom. The smallest absolute Gasteiger partial charge is 0.127 e. The van der Waals surface area contributed by atoms with Crippen LogP contribution in [0.5, 0.6) is 0 Å². The molecule has 0 saturated heterocycles. The summed E-state index contributed by atoms with van der Waals surface area (Å²) < 4.78 is 13.7. The van der Waals surface area contributed by atoms with Gasteiger partial charge in [0.25, 0.3) is 0 Å². The SMILES string of the molecule is CNC(CN(C)C(C)c1ccccc1F)C1CC1. The number of likely N-dealkylation sites (N-methyl/N-ethyl adjacent to an activating group) is 2. The van der Waals surface area contributed by atoms with Crippen LogP contribution in [0.15, 0.2) is 24.3 Å². The lowest BCUT2D eigenvalue weighted by molar-refractivity contribution is 0.221. The Balaban J connectivity index is 1.99. The first kappa shape index (κ1) is 13.5. The van der Waals surface area contributed by atoms with Crippen LogP contribution in [-0.2, 0) is 0 Å². The number of hydrogen-bond acceptors (Lipinski definition) is 2. The average Bonchev–Trinajstić information content (AvgIpc) is 3.19. The van der Waals surface area contributed by atoms with Crippen LogP contribution >= 0.6 is 0 Å². The Bertz CT molecular complexity index is 390. The predicted octanol–water partition coefficient (Wildman–Crippen LogP) is 2.82. The number of hydrogen-bond donors (Lipinski definition) is 1. The van der Waals surface area contributed by atoms with E-state index in [1.54, 1.807) is 6.07 Å². The fourth-order valence-corrected chi connectivity index (χ4v) is 2.49. The van der Waals surface area contributed by atoms with Crippen molar-refractivity contribution in [3.05, 3.63) is 35.6 Å². The summed E-state index contributed by atoms with van der Waals surface area (Å²) in [5.74, 6) is 0.703. The zero-order valence-electron chi connectivity index (χ0n) is 11.5. The van der Waals surface area contributed by atoms with Crippen LogP contribution in [0.2, 0.25) is 0 Å². The highest BCUT2D eigenvalue weighted by molar-refractivity contribution is 5.20. The molecule has 1 saturated carbocycles. The molecular weight excluding hydrogens is 227 g/mol. The van der Waals surface area contributed by atoms with E-state index in [2.05, 4.69) is 24.2 Å². The van der Waals surface area contributed by atoms with E-state index < -0.39 is 0 Å². The normalized spacial score (nSPS) is 18.9. The molecule has 18 heavy (non-hydrogen) atoms. The first-order valence-electron chi connectivity index (χ1n) is 6.75. The highest BCUT2D eigenvalue weighted by atomic mass is 19.1. The molecule has 0 amide bonds. The topological polar surface area (TPSA) is 15.3 Å². The Hall–Kier alpha value is -0.930. The van der Waals surface area contributed by atoms with Crippen molar-refractivity contribution >= 4 is 0 Å². The lowest BCUT2D eigenvalue weighted by Gasteiger charge is -2.29. The van der Waals surface area contributed by atoms with Gasteiger partial charge in [-0.15, -0.1) is 0 Å². The molecule has 1 aromatic rings. The van der Waals surface area contributed by atoms with Gasteiger partial charge in [0, 0.05) is 24.2 Å². The van der Waals surface area contributed by atoms with Crippen molar-refractivity contribution in [2.45, 2.75) is 31.8 Å². The largest absolute Gasteiger partial charge is 0.315 e. The summed E-state index contributed by atoms with van der Waals surface area (Å²) in [4.78, 5) is 2.23. The number of benzene rings is 1. The van der Waals surface area contributed by atoms with Gasteiger partial charge in [-0.05, 0) is 45.8 Å². The van der Waals surface area contributed by atoms with E-state index in [0.29, 0.717) is 6.04 Å². The molecule has 2 atom stereocenters. The third-order valence-electron chi connectivity index (χ3n) is 4.06. The van der Waals surface area contributed by atoms with Crippen LogP contribution in [0.3, 0.4) is 0 Å². The summed E-state index contributed by atoms with van der Waals surface area (Å²) in [5, 5.41) is 3.38. The molecule has 1 aromatic carbocycles. The molecule has 2 rings (SSSR count). The summed E-state index contributed by atoms with van der Waals surface area (Å²) in [6, 6.07) is 7.70. The van der Waals surface area contributed by atoms with Crippen LogP contribution in [0, 0.1) is 11.7 Å². The van der Waals surface area contributed by atoms with Crippen molar-refractivity contribution in [3.8, 4) is 0 Å². The maximum atomic E-state index is 13.7. The van der Waals surface area contributed by atoms with Crippen molar-refractivity contribution in [1.29, 1.82) is 0 Å². The zero-order valence-corrected chi connectivity index (χ0v) is 11.5. The first-order chi connectivity index (χ1) is 8.63. The Labute approximate surface area is 109 Å². The molecule has 2 nitrogen and oxygen atoms in total. The second kappa shape index (κ2) is 5.81. The van der Waals surface area contributed by atoms with Gasteiger partial charge >= 0.3 is 0 Å². The summed E-state index contributed by atoms with van der Waals surface area (Å²) in [5.41, 5.74) is 0.783. The third kappa shape index (κ3) is 3.09. The fourth-order valence-electron chi connectivity index (χ4n) is 2.49. The van der Waals surface area contributed by atoms with Crippen molar-refractivity contribution < 1.29 is 4.39 Å². The molecule has 0 aromatic heterocycles. The van der Waals surface area contributed by atoms with E-state index in [0.717, 1.165) is 18.0 Å². The minimum absolute atomic E-state index is 0.107. The van der Waals surface area contributed by atoms with Gasteiger partial charge in [0.15, 0.2) is 0 Å². The Kier molecular flexibility index (Phi) is 4.36. The molecular formula is C15H23FN2. The van der Waals surface area contributed by atoms with E-state index in [1.165, 1.54) is 18.9 Å². The van der Waals surface area contributed by atoms with E-state index >= 15 is 0 Å². The van der Waals surface area contributed by atoms with Gasteiger partial charge < -0.3 is 5.32 Å². The Morgan fingerprint density at radius 2 is 2.06 bits per heavy atom. The molecule has 1 fully saturated rings. The molecule has 0 radical (unpaired) electrons. The lowest BCUT2D eigenvalue weighted by atomic mass is 10.1. The van der Waals surface area contributed by atoms with Gasteiger partial charge in [-0.3, -0.25) is 4.90 Å². The molecule has 0 aliphatic heterocycles. The highest BCUT2D eigenvalue weighted by Gasteiger charge is 2.31. The number of nitrogens with one attached hydrogen (secondary N) is 1. The molecule has 0 heterocycles. The predicted molar refractivity (Wildman–Crippen MR) is 73.0 cm³/mol. The van der Waals surface area contributed by atoms with Gasteiger partial charge in [-0.2, -0.15) is 0 Å². The quantitative estimate of drug-likeness (QED) is 0.835. The lowest BCUT2D eigenvalue weighted by Crippen LogP contribution is -2.40. The fraction of sp³-hybridized carbons (Fsp3) is 0.600. The number of rotatable bonds is 6. The van der Waals surface area contributed by atoms with E-state index in [9.17, 15) is 4.39 Å². The van der Waals surface area contributed by atoms with Crippen LogP contribution in [-0.4, -0.2) is 31.6 Å². The standard InChI is InChI=1S/C15H23FN2/c1-11(13-6-4-5-7-14(13)16)18(3)10-15(17-2)12-8-9-12/h4-7,11-12,15,17H,8-10H2,1-3H3. The molecule has 1 aliphatic carbocycles. The van der Waals surface area contributed by atoms with Crippen LogP contribution in [0.25, 0.3) is 0 Å². The van der Waals surface area contributed by atoms with Gasteiger partial charge in [-0.25, -0.2) is 4.39 Å². The minimum Gasteiger partial charge on any atom is -0.315 e. The third-order valence-corrected chi connectivity index (χ3v) is 4.06. The van der Waals surface area contributed by atoms with E-state index in [-0.39, 0.29) is 11.9 Å². The van der Waals surface area contributed by atoms with Crippen molar-refractivity contribution in [1.82, 2.24) is 10.2 Å². The average molecular weight is 250 g/mol. The molecule has 3 heteroatoms. The highest BCUT2D eigenvalue weighted by Crippen LogP contribution is 2.33. The number of nitrogens with zero attached hydrogens (tertiary/aromatic N) is 1. The van der Waals surface area contributed by atoms with Crippen LogP contribution < -0.4 is 5.32 Å². The molecule has 1 aliphatic rings. The van der Waals surface area contributed by atoms with E-state index in [4.69, 9.17) is 0 Å². The van der Waals surface area contributed by atoms with Gasteiger partial charge in [-0.1, -0.05) is 18.2 Å². The van der Waals surface area contributed by atoms with E-state index in [1.807, 2.05) is 19.2 Å². The molecule has 0 bridgehead atoms. The van der Waals surface area contributed by atoms with Crippen LogP contribution in [0.4, 0.5) is 4.39 Å². The number of halogens is 1. The second-order valence-corrected chi connectivity index (χ2v) is 5.37. The maximum Gasteiger partial charge on any atom is 0.127 e. The van der Waals surface area contributed by atoms with Crippen molar-refractivity contribution in [2.75, 3.05) is 20.6 Å². The van der Waals surface area contributed by atoms with Gasteiger partial charge in [0.2, 0.25) is 0 Å². The summed E-state index contributed by atoms with van der Waals surface area (Å²) in [6.45, 7) is 3.04.